The van der Waals surface area contributed by atoms with E-state index in [1.807, 2.05) is 43.3 Å². The molecule has 7 nitrogen and oxygen atoms in total. The molecule has 1 unspecified atom stereocenters. The van der Waals surface area contributed by atoms with Crippen LogP contribution in [-0.2, 0) is 9.53 Å². The lowest BCUT2D eigenvalue weighted by atomic mass is 9.95. The van der Waals surface area contributed by atoms with E-state index in [0.717, 1.165) is 20.3 Å². The first-order chi connectivity index (χ1) is 17.8. The lowest BCUT2D eigenvalue weighted by Crippen LogP contribution is -2.39. The van der Waals surface area contributed by atoms with Crippen LogP contribution in [0.5, 0.6) is 11.5 Å². The first-order valence-corrected chi connectivity index (χ1v) is 13.6. The number of aryl methyl sites for hydroxylation is 1. The average molecular weight is 631 g/mol. The number of hydrogen-bond donors (Lipinski definition) is 0. The molecule has 37 heavy (non-hydrogen) atoms. The van der Waals surface area contributed by atoms with Crippen molar-refractivity contribution in [3.63, 3.8) is 0 Å². The summed E-state index contributed by atoms with van der Waals surface area (Å²) in [5.41, 5.74) is 3.35. The number of thiazole rings is 1. The van der Waals surface area contributed by atoms with E-state index in [1.54, 1.807) is 37.7 Å². The van der Waals surface area contributed by atoms with Crippen LogP contribution in [0.2, 0.25) is 0 Å². The van der Waals surface area contributed by atoms with Gasteiger partial charge in [-0.2, -0.15) is 0 Å². The minimum atomic E-state index is -0.637. The molecule has 0 fully saturated rings. The van der Waals surface area contributed by atoms with Gasteiger partial charge in [-0.05, 0) is 72.7 Å². The molecule has 0 N–H and O–H groups in total. The summed E-state index contributed by atoms with van der Waals surface area (Å²) in [5, 5.41) is 0. The maximum Gasteiger partial charge on any atom is 0.338 e. The van der Waals surface area contributed by atoms with Crippen molar-refractivity contribution in [3.05, 3.63) is 100 Å². The second kappa shape index (κ2) is 11.5. The maximum absolute atomic E-state index is 13.8. The monoisotopic (exact) mass is 630 g/mol. The normalized spacial score (nSPS) is 15.2. The molecular weight excluding hydrogens is 603 g/mol. The second-order valence-corrected chi connectivity index (χ2v) is 10.5. The van der Waals surface area contributed by atoms with Crippen LogP contribution in [-0.4, -0.2) is 30.9 Å². The van der Waals surface area contributed by atoms with Crippen molar-refractivity contribution in [2.45, 2.75) is 26.8 Å². The minimum absolute atomic E-state index is 0.230. The van der Waals surface area contributed by atoms with Crippen LogP contribution < -0.4 is 24.4 Å². The number of carbonyl (C=O) groups excluding carboxylic acids is 1. The molecule has 1 atom stereocenters. The Kier molecular flexibility index (Phi) is 8.33. The van der Waals surface area contributed by atoms with Gasteiger partial charge >= 0.3 is 5.97 Å². The second-order valence-electron chi connectivity index (χ2n) is 8.35. The molecule has 0 aliphatic carbocycles. The van der Waals surface area contributed by atoms with Gasteiger partial charge in [0.15, 0.2) is 16.3 Å². The van der Waals surface area contributed by atoms with E-state index in [-0.39, 0.29) is 12.2 Å². The number of ether oxygens (including phenoxy) is 3. The number of fused-ring (bicyclic) bond motifs is 1. The third-order valence-electron chi connectivity index (χ3n) is 5.81. The highest BCUT2D eigenvalue weighted by Gasteiger charge is 2.33. The van der Waals surface area contributed by atoms with Gasteiger partial charge in [-0.3, -0.25) is 9.36 Å². The largest absolute Gasteiger partial charge is 0.493 e. The highest BCUT2D eigenvalue weighted by Crippen LogP contribution is 2.34. The number of esters is 1. The molecule has 0 saturated carbocycles. The Bertz CT molecular complexity index is 1570. The Hall–Kier alpha value is -3.18. The summed E-state index contributed by atoms with van der Waals surface area (Å²) in [6, 6.07) is 10.9. The summed E-state index contributed by atoms with van der Waals surface area (Å²) in [4.78, 5) is 31.9. The lowest BCUT2D eigenvalue weighted by Gasteiger charge is -2.24. The van der Waals surface area contributed by atoms with E-state index in [0.29, 0.717) is 38.7 Å². The molecule has 1 aliphatic heterocycles. The third kappa shape index (κ3) is 5.42. The molecule has 1 aromatic heterocycles. The van der Waals surface area contributed by atoms with E-state index < -0.39 is 12.0 Å². The highest BCUT2D eigenvalue weighted by molar-refractivity contribution is 14.1. The van der Waals surface area contributed by atoms with E-state index >= 15 is 0 Å². The summed E-state index contributed by atoms with van der Waals surface area (Å²) in [6.07, 6.45) is 3.47. The topological polar surface area (TPSA) is 79.1 Å². The standard InChI is InChI=1S/C28H27IN2O5S/c1-6-12-36-25-20(29)13-18(14-21(25)34-5)15-22-26(32)31-24(19-10-8-16(3)9-11-19)23(27(33)35-7-2)17(4)30-28(31)37-22/h6,8-11,13-15,24H,1,7,12H2,2-5H3/b22-15-. The molecule has 192 valence electrons. The van der Waals surface area contributed by atoms with Crippen molar-refractivity contribution >= 4 is 46.0 Å². The van der Waals surface area contributed by atoms with Gasteiger partial charge in [0.1, 0.15) is 6.61 Å². The van der Waals surface area contributed by atoms with E-state index in [1.165, 1.54) is 11.3 Å². The van der Waals surface area contributed by atoms with Crippen LogP contribution in [0.4, 0.5) is 0 Å². The van der Waals surface area contributed by atoms with Gasteiger partial charge in [-0.1, -0.05) is 53.8 Å². The Morgan fingerprint density at radius 3 is 2.62 bits per heavy atom. The SMILES string of the molecule is C=CCOc1c(I)cc(/C=c2\sc3n(c2=O)C(c2ccc(C)cc2)C(C(=O)OCC)=C(C)N=3)cc1OC. The molecule has 0 saturated heterocycles. The number of nitrogens with zero attached hydrogens (tertiary/aromatic N) is 2. The van der Waals surface area contributed by atoms with Crippen molar-refractivity contribution < 1.29 is 19.0 Å². The number of methoxy groups -OCH3 is 1. The number of carbonyl (C=O) groups is 1. The van der Waals surface area contributed by atoms with Gasteiger partial charge in [0.25, 0.3) is 5.56 Å². The predicted molar refractivity (Wildman–Crippen MR) is 153 cm³/mol. The summed E-state index contributed by atoms with van der Waals surface area (Å²) in [5.74, 6) is 0.708. The smallest absolute Gasteiger partial charge is 0.338 e. The summed E-state index contributed by atoms with van der Waals surface area (Å²) in [6.45, 7) is 9.80. The highest BCUT2D eigenvalue weighted by atomic mass is 127. The number of rotatable bonds is 8. The first-order valence-electron chi connectivity index (χ1n) is 11.7. The van der Waals surface area contributed by atoms with Crippen LogP contribution in [0.25, 0.3) is 6.08 Å². The Labute approximate surface area is 232 Å². The molecular formula is C28H27IN2O5S. The third-order valence-corrected chi connectivity index (χ3v) is 7.59. The number of allylic oxidation sites excluding steroid dienone is 1. The van der Waals surface area contributed by atoms with E-state index in [9.17, 15) is 9.59 Å². The molecule has 0 amide bonds. The number of aromatic nitrogens is 1. The Morgan fingerprint density at radius 2 is 1.97 bits per heavy atom. The molecule has 4 rings (SSSR count). The molecule has 2 heterocycles. The maximum atomic E-state index is 13.8. The number of hydrogen-bond acceptors (Lipinski definition) is 7. The zero-order valence-corrected chi connectivity index (χ0v) is 24.0. The quantitative estimate of drug-likeness (QED) is 0.211. The lowest BCUT2D eigenvalue weighted by molar-refractivity contribution is -0.139. The first kappa shape index (κ1) is 26.9. The number of halogens is 1. The fraction of sp³-hybridized carbons (Fsp3) is 0.250. The van der Waals surface area contributed by atoms with Gasteiger partial charge in [0.05, 0.1) is 39.1 Å². The molecule has 9 heteroatoms. The van der Waals surface area contributed by atoms with E-state index in [2.05, 4.69) is 34.2 Å². The minimum Gasteiger partial charge on any atom is -0.493 e. The average Bonchev–Trinajstić information content (AvgIpc) is 3.17. The molecule has 2 aromatic carbocycles. The van der Waals surface area contributed by atoms with Gasteiger partial charge in [0.2, 0.25) is 0 Å². The van der Waals surface area contributed by atoms with Crippen LogP contribution >= 0.6 is 33.9 Å². The van der Waals surface area contributed by atoms with Crippen molar-refractivity contribution in [2.24, 2.45) is 4.99 Å². The van der Waals surface area contributed by atoms with Gasteiger partial charge in [-0.25, -0.2) is 9.79 Å². The van der Waals surface area contributed by atoms with Crippen LogP contribution in [0.15, 0.2) is 70.1 Å². The predicted octanol–water partition coefficient (Wildman–Crippen LogP) is 4.28. The van der Waals surface area contributed by atoms with Crippen molar-refractivity contribution in [1.82, 2.24) is 4.57 Å². The summed E-state index contributed by atoms with van der Waals surface area (Å²) >= 11 is 3.46. The van der Waals surface area contributed by atoms with Crippen molar-refractivity contribution in [1.29, 1.82) is 0 Å². The Morgan fingerprint density at radius 1 is 1.24 bits per heavy atom. The summed E-state index contributed by atoms with van der Waals surface area (Å²) in [7, 11) is 1.57. The fourth-order valence-corrected chi connectivity index (χ4v) is 5.94. The molecule has 3 aromatic rings. The van der Waals surface area contributed by atoms with Crippen LogP contribution in [0, 0.1) is 10.5 Å². The number of benzene rings is 2. The fourth-order valence-electron chi connectivity index (χ4n) is 4.11. The molecule has 1 aliphatic rings. The van der Waals surface area contributed by atoms with Crippen LogP contribution in [0.1, 0.15) is 36.6 Å². The van der Waals surface area contributed by atoms with Gasteiger partial charge in [0, 0.05) is 0 Å². The van der Waals surface area contributed by atoms with Crippen molar-refractivity contribution in [2.75, 3.05) is 20.3 Å². The summed E-state index contributed by atoms with van der Waals surface area (Å²) < 4.78 is 19.6. The van der Waals surface area contributed by atoms with Gasteiger partial charge in [-0.15, -0.1) is 0 Å². The molecule has 0 bridgehead atoms. The zero-order valence-electron chi connectivity index (χ0n) is 21.0. The molecule has 0 spiro atoms. The molecule has 0 radical (unpaired) electrons. The van der Waals surface area contributed by atoms with E-state index in [4.69, 9.17) is 14.2 Å². The van der Waals surface area contributed by atoms with Gasteiger partial charge < -0.3 is 14.2 Å². The Balaban J connectivity index is 1.90. The van der Waals surface area contributed by atoms with Crippen molar-refractivity contribution in [3.8, 4) is 11.5 Å². The van der Waals surface area contributed by atoms with Crippen LogP contribution in [0.3, 0.4) is 0 Å². The zero-order chi connectivity index (χ0) is 26.7.